The summed E-state index contributed by atoms with van der Waals surface area (Å²) >= 11 is 6.31. The zero-order chi connectivity index (χ0) is 24.8. The van der Waals surface area contributed by atoms with Gasteiger partial charge in [0.1, 0.15) is 10.1 Å². The first-order chi connectivity index (χ1) is 15.8. The Labute approximate surface area is 210 Å². The van der Waals surface area contributed by atoms with E-state index in [1.54, 1.807) is 11.0 Å². The second-order valence-corrected chi connectivity index (χ2v) is 12.3. The average molecular weight is 496 g/mol. The van der Waals surface area contributed by atoms with Gasteiger partial charge in [0.05, 0.1) is 17.1 Å². The molecule has 0 spiro atoms. The Morgan fingerprint density at radius 3 is 2.29 bits per heavy atom. The molecule has 0 unspecified atom stereocenters. The zero-order valence-corrected chi connectivity index (χ0v) is 21.9. The second-order valence-electron chi connectivity index (χ2n) is 10.6. The van der Waals surface area contributed by atoms with E-state index in [1.807, 2.05) is 18.2 Å². The van der Waals surface area contributed by atoms with Crippen LogP contribution >= 0.6 is 24.0 Å². The normalized spacial score (nSPS) is 17.6. The third-order valence-corrected chi connectivity index (χ3v) is 6.79. The van der Waals surface area contributed by atoms with Crippen LogP contribution in [0.1, 0.15) is 64.1 Å². The molecule has 0 saturated carbocycles. The summed E-state index contributed by atoms with van der Waals surface area (Å²) in [4.78, 5) is 32.2. The van der Waals surface area contributed by atoms with E-state index in [1.165, 1.54) is 11.8 Å². The molecule has 2 aromatic rings. The van der Waals surface area contributed by atoms with Crippen LogP contribution in [-0.2, 0) is 27.0 Å². The predicted octanol–water partition coefficient (Wildman–Crippen LogP) is 5.09. The van der Waals surface area contributed by atoms with Gasteiger partial charge in [-0.25, -0.2) is 0 Å². The molecule has 1 aromatic heterocycles. The lowest BCUT2D eigenvalue weighted by molar-refractivity contribution is -0.121. The van der Waals surface area contributed by atoms with Crippen LogP contribution in [-0.4, -0.2) is 27.7 Å². The number of fused-ring (bicyclic) bond motifs is 1. The average Bonchev–Trinajstić information content (AvgIpc) is 3.05. The number of nitrogens with zero attached hydrogens (tertiary/aromatic N) is 2. The third-order valence-electron chi connectivity index (χ3n) is 5.63. The summed E-state index contributed by atoms with van der Waals surface area (Å²) in [5, 5.41) is 2.62. The largest absolute Gasteiger partial charge is 0.482 e. The second kappa shape index (κ2) is 8.82. The molecule has 2 aliphatic rings. The van der Waals surface area contributed by atoms with Crippen molar-refractivity contribution in [2.24, 2.45) is 0 Å². The molecule has 1 saturated heterocycles. The minimum absolute atomic E-state index is 0.0106. The number of thiocarbonyl (C=S) groups is 1. The van der Waals surface area contributed by atoms with Crippen molar-refractivity contribution in [3.63, 3.8) is 0 Å². The van der Waals surface area contributed by atoms with Crippen LogP contribution in [0.4, 0.5) is 5.69 Å². The molecule has 0 aliphatic carbocycles. The first-order valence-corrected chi connectivity index (χ1v) is 12.4. The van der Waals surface area contributed by atoms with E-state index in [-0.39, 0.29) is 29.3 Å². The van der Waals surface area contributed by atoms with Gasteiger partial charge in [-0.3, -0.25) is 14.6 Å². The molecule has 8 heteroatoms. The fourth-order valence-corrected chi connectivity index (χ4v) is 4.73. The number of pyridine rings is 1. The van der Waals surface area contributed by atoms with Crippen LogP contribution in [0.25, 0.3) is 6.08 Å². The highest BCUT2D eigenvalue weighted by Crippen LogP contribution is 2.36. The topological polar surface area (TPSA) is 71.5 Å². The molecule has 4 rings (SSSR count). The number of benzene rings is 1. The number of ether oxygens (including phenoxy) is 1. The van der Waals surface area contributed by atoms with Gasteiger partial charge in [0.25, 0.3) is 11.8 Å². The fraction of sp³-hybridized carbons (Fsp3) is 0.385. The number of carbonyl (C=O) groups excluding carboxylic acids is 2. The Morgan fingerprint density at radius 2 is 1.74 bits per heavy atom. The van der Waals surface area contributed by atoms with Crippen molar-refractivity contribution in [1.82, 2.24) is 10.3 Å². The molecule has 6 nitrogen and oxygen atoms in total. The van der Waals surface area contributed by atoms with Gasteiger partial charge < -0.3 is 15.0 Å². The lowest BCUT2D eigenvalue weighted by Crippen LogP contribution is -2.38. The van der Waals surface area contributed by atoms with Crippen LogP contribution < -0.4 is 15.0 Å². The number of anilines is 1. The summed E-state index contributed by atoms with van der Waals surface area (Å²) in [5.41, 5.74) is 4.24. The molecule has 1 fully saturated rings. The summed E-state index contributed by atoms with van der Waals surface area (Å²) in [5.74, 6) is 0.318. The van der Waals surface area contributed by atoms with E-state index in [0.717, 1.165) is 22.5 Å². The Kier molecular flexibility index (Phi) is 6.33. The highest BCUT2D eigenvalue weighted by atomic mass is 32.2. The number of carbonyl (C=O) groups is 2. The molecule has 34 heavy (non-hydrogen) atoms. The molecule has 3 heterocycles. The van der Waals surface area contributed by atoms with Gasteiger partial charge in [-0.15, -0.1) is 0 Å². The summed E-state index contributed by atoms with van der Waals surface area (Å²) in [6, 6.07) is 9.76. The maximum Gasteiger partial charge on any atom is 0.265 e. The van der Waals surface area contributed by atoms with Gasteiger partial charge in [0.2, 0.25) is 0 Å². The monoisotopic (exact) mass is 495 g/mol. The van der Waals surface area contributed by atoms with Gasteiger partial charge in [-0.1, -0.05) is 71.6 Å². The number of thioether (sulfide) groups is 1. The van der Waals surface area contributed by atoms with E-state index in [2.05, 4.69) is 59.0 Å². The zero-order valence-electron chi connectivity index (χ0n) is 20.3. The fourth-order valence-electron chi connectivity index (χ4n) is 3.68. The molecule has 178 valence electrons. The first-order valence-electron chi connectivity index (χ1n) is 11.2. The van der Waals surface area contributed by atoms with E-state index in [4.69, 9.17) is 21.9 Å². The quantitative estimate of drug-likeness (QED) is 0.472. The Morgan fingerprint density at radius 1 is 1.09 bits per heavy atom. The highest BCUT2D eigenvalue weighted by molar-refractivity contribution is 8.26. The standard InChI is InChI=1S/C26H29N3O3S2/c1-25(2,3)20-11-16(12-21(27-20)26(4,5)6)13-29-17-9-15(7-8-18(17)32-14-22(29)30)10-19-23(31)28-24(33)34-19/h7-12H,13-14H2,1-6H3,(H,28,31,33). The minimum Gasteiger partial charge on any atom is -0.482 e. The molecule has 2 aliphatic heterocycles. The van der Waals surface area contributed by atoms with Crippen LogP contribution in [0.15, 0.2) is 35.2 Å². The van der Waals surface area contributed by atoms with Crippen molar-refractivity contribution in [3.05, 3.63) is 57.8 Å². The van der Waals surface area contributed by atoms with E-state index < -0.39 is 0 Å². The number of amides is 2. The van der Waals surface area contributed by atoms with Gasteiger partial charge in [0, 0.05) is 22.2 Å². The lowest BCUT2D eigenvalue weighted by Gasteiger charge is -2.31. The Bertz CT molecular complexity index is 1190. The number of hydrogen-bond acceptors (Lipinski definition) is 6. The summed E-state index contributed by atoms with van der Waals surface area (Å²) in [6.45, 7) is 13.2. The van der Waals surface area contributed by atoms with Crippen molar-refractivity contribution in [2.45, 2.75) is 58.9 Å². The maximum absolute atomic E-state index is 13.0. The Balaban J connectivity index is 1.73. The summed E-state index contributed by atoms with van der Waals surface area (Å²) in [6.07, 6.45) is 1.78. The van der Waals surface area contributed by atoms with Crippen LogP contribution in [0, 0.1) is 0 Å². The molecule has 1 aromatic carbocycles. The van der Waals surface area contributed by atoms with Crippen LogP contribution in [0.5, 0.6) is 5.75 Å². The molecule has 0 bridgehead atoms. The van der Waals surface area contributed by atoms with Crippen molar-refractivity contribution < 1.29 is 14.3 Å². The molecule has 2 amide bonds. The Hall–Kier alpha value is -2.71. The van der Waals surface area contributed by atoms with Gasteiger partial charge in [-0.2, -0.15) is 0 Å². The van der Waals surface area contributed by atoms with Crippen molar-refractivity contribution >= 4 is 51.9 Å². The van der Waals surface area contributed by atoms with Crippen molar-refractivity contribution in [1.29, 1.82) is 0 Å². The van der Waals surface area contributed by atoms with Gasteiger partial charge in [-0.05, 0) is 41.5 Å². The van der Waals surface area contributed by atoms with Gasteiger partial charge in [0.15, 0.2) is 6.61 Å². The minimum atomic E-state index is -0.210. The van der Waals surface area contributed by atoms with E-state index >= 15 is 0 Å². The number of hydrogen-bond donors (Lipinski definition) is 1. The number of rotatable bonds is 3. The highest BCUT2D eigenvalue weighted by Gasteiger charge is 2.29. The lowest BCUT2D eigenvalue weighted by atomic mass is 9.86. The molecule has 0 radical (unpaired) electrons. The molecular formula is C26H29N3O3S2. The van der Waals surface area contributed by atoms with E-state index in [0.29, 0.717) is 27.2 Å². The van der Waals surface area contributed by atoms with Crippen LogP contribution in [0.2, 0.25) is 0 Å². The summed E-state index contributed by atoms with van der Waals surface area (Å²) in [7, 11) is 0. The maximum atomic E-state index is 13.0. The number of nitrogens with one attached hydrogen (secondary N) is 1. The third kappa shape index (κ3) is 5.18. The van der Waals surface area contributed by atoms with Crippen molar-refractivity contribution in [3.8, 4) is 5.75 Å². The molecule has 0 atom stereocenters. The van der Waals surface area contributed by atoms with Crippen LogP contribution in [0.3, 0.4) is 0 Å². The summed E-state index contributed by atoms with van der Waals surface area (Å²) < 4.78 is 6.13. The van der Waals surface area contributed by atoms with E-state index in [9.17, 15) is 9.59 Å². The predicted molar refractivity (Wildman–Crippen MR) is 141 cm³/mol. The SMILES string of the molecule is CC(C)(C)c1cc(CN2C(=O)COc3ccc(C=C4SC(=S)NC4=O)cc32)cc(C(C)(C)C)n1. The smallest absolute Gasteiger partial charge is 0.265 e. The number of aromatic nitrogens is 1. The molecule has 1 N–H and O–H groups in total. The van der Waals surface area contributed by atoms with Gasteiger partial charge >= 0.3 is 0 Å². The first kappa shape index (κ1) is 24.4. The molecular weight excluding hydrogens is 466 g/mol. The van der Waals surface area contributed by atoms with Crippen molar-refractivity contribution in [2.75, 3.05) is 11.5 Å².